The number of ether oxygens (including phenoxy) is 5. The monoisotopic (exact) mass is 407 g/mol. The molecule has 0 aromatic carbocycles. The van der Waals surface area contributed by atoms with Gasteiger partial charge in [-0.25, -0.2) is 5.84 Å². The number of hydrogen-bond acceptors (Lipinski definition) is 10. The standard InChI is InChI=1S/C18H37N3O7/c1-4-5-25-6-7-26-8-9-27-12-14(19)10-21(20)11-15-16(22)13(2)17(23)18(24-3)28-15/h10,13,15-18,22-23H,4-9,11-12,19-20H2,1-3H3/b14-10-. The van der Waals surface area contributed by atoms with Crippen LogP contribution in [0.5, 0.6) is 0 Å². The molecule has 28 heavy (non-hydrogen) atoms. The van der Waals surface area contributed by atoms with E-state index in [-0.39, 0.29) is 13.2 Å². The number of hydrogen-bond donors (Lipinski definition) is 4. The van der Waals surface area contributed by atoms with Gasteiger partial charge in [-0.15, -0.1) is 0 Å². The van der Waals surface area contributed by atoms with Gasteiger partial charge < -0.3 is 44.6 Å². The molecule has 10 nitrogen and oxygen atoms in total. The summed E-state index contributed by atoms with van der Waals surface area (Å²) in [5, 5.41) is 21.6. The molecule has 1 heterocycles. The lowest BCUT2D eigenvalue weighted by atomic mass is 9.90. The highest BCUT2D eigenvalue weighted by Gasteiger charge is 2.42. The predicted octanol–water partition coefficient (Wildman–Crippen LogP) is -0.849. The van der Waals surface area contributed by atoms with Crippen LogP contribution in [0.2, 0.25) is 0 Å². The van der Waals surface area contributed by atoms with E-state index in [1.165, 1.54) is 18.3 Å². The van der Waals surface area contributed by atoms with Gasteiger partial charge in [0.05, 0.1) is 51.4 Å². The highest BCUT2D eigenvalue weighted by Crippen LogP contribution is 2.26. The Morgan fingerprint density at radius 2 is 1.68 bits per heavy atom. The third kappa shape index (κ3) is 9.01. The minimum absolute atomic E-state index is 0.180. The highest BCUT2D eigenvalue weighted by molar-refractivity contribution is 4.97. The van der Waals surface area contributed by atoms with Crippen molar-refractivity contribution in [3.05, 3.63) is 11.9 Å². The molecule has 5 unspecified atom stereocenters. The van der Waals surface area contributed by atoms with Gasteiger partial charge in [0, 0.05) is 25.8 Å². The average molecular weight is 408 g/mol. The largest absolute Gasteiger partial charge is 0.399 e. The van der Waals surface area contributed by atoms with E-state index >= 15 is 0 Å². The Balaban J connectivity index is 2.25. The van der Waals surface area contributed by atoms with Gasteiger partial charge in [-0.1, -0.05) is 13.8 Å². The summed E-state index contributed by atoms with van der Waals surface area (Å²) in [6, 6.07) is 0. The summed E-state index contributed by atoms with van der Waals surface area (Å²) in [5.41, 5.74) is 6.32. The fourth-order valence-corrected chi connectivity index (χ4v) is 2.75. The van der Waals surface area contributed by atoms with Gasteiger partial charge in [-0.2, -0.15) is 0 Å². The highest BCUT2D eigenvalue weighted by atomic mass is 16.7. The molecular weight excluding hydrogens is 370 g/mol. The first-order valence-electron chi connectivity index (χ1n) is 9.65. The van der Waals surface area contributed by atoms with Crippen molar-refractivity contribution >= 4 is 0 Å². The van der Waals surface area contributed by atoms with Crippen LogP contribution in [-0.2, 0) is 23.7 Å². The number of hydrazine groups is 1. The Kier molecular flexibility index (Phi) is 12.6. The Bertz CT molecular complexity index is 439. The third-order valence-electron chi connectivity index (χ3n) is 4.36. The molecule has 0 aliphatic carbocycles. The smallest absolute Gasteiger partial charge is 0.183 e. The van der Waals surface area contributed by atoms with Gasteiger partial charge >= 0.3 is 0 Å². The first kappa shape index (κ1) is 25.1. The van der Waals surface area contributed by atoms with Crippen LogP contribution in [0, 0.1) is 5.92 Å². The van der Waals surface area contributed by atoms with Gasteiger partial charge in [0.2, 0.25) is 0 Å². The molecule has 0 saturated carbocycles. The van der Waals surface area contributed by atoms with Crippen molar-refractivity contribution < 1.29 is 33.9 Å². The molecule has 0 aromatic heterocycles. The van der Waals surface area contributed by atoms with E-state index in [1.54, 1.807) is 6.92 Å². The SMILES string of the molecule is CCCOCCOCCOC/C(N)=C/N(N)CC1OC(OC)C(O)C(C)C1O. The second-order valence-electron chi connectivity index (χ2n) is 6.80. The molecular formula is C18H37N3O7. The quantitative estimate of drug-likeness (QED) is 0.163. The van der Waals surface area contributed by atoms with E-state index in [4.69, 9.17) is 35.3 Å². The summed E-state index contributed by atoms with van der Waals surface area (Å²) in [7, 11) is 1.44. The van der Waals surface area contributed by atoms with Crippen LogP contribution in [0.25, 0.3) is 0 Å². The molecule has 0 spiro atoms. The summed E-state index contributed by atoms with van der Waals surface area (Å²) < 4.78 is 26.8. The van der Waals surface area contributed by atoms with E-state index in [1.807, 2.05) is 0 Å². The molecule has 1 rings (SSSR count). The van der Waals surface area contributed by atoms with Gasteiger partial charge in [0.1, 0.15) is 12.2 Å². The summed E-state index contributed by atoms with van der Waals surface area (Å²) in [4.78, 5) is 0. The molecule has 10 heteroatoms. The van der Waals surface area contributed by atoms with E-state index in [9.17, 15) is 10.2 Å². The molecule has 0 bridgehead atoms. The summed E-state index contributed by atoms with van der Waals surface area (Å²) in [6.45, 7) is 6.88. The van der Waals surface area contributed by atoms with Crippen molar-refractivity contribution in [2.75, 3.05) is 53.3 Å². The summed E-state index contributed by atoms with van der Waals surface area (Å²) in [5.74, 6) is 5.52. The van der Waals surface area contributed by atoms with Gasteiger partial charge in [-0.05, 0) is 6.42 Å². The first-order chi connectivity index (χ1) is 13.4. The Morgan fingerprint density at radius 3 is 2.29 bits per heavy atom. The lowest BCUT2D eigenvalue weighted by molar-refractivity contribution is -0.276. The van der Waals surface area contributed by atoms with Crippen molar-refractivity contribution in [1.82, 2.24) is 5.01 Å². The second-order valence-corrected chi connectivity index (χ2v) is 6.80. The summed E-state index contributed by atoms with van der Waals surface area (Å²) in [6.07, 6.45) is -0.705. The Labute approximate surface area is 167 Å². The lowest BCUT2D eigenvalue weighted by Crippen LogP contribution is -2.57. The fraction of sp³-hybridized carbons (Fsp3) is 0.889. The molecule has 6 N–H and O–H groups in total. The van der Waals surface area contributed by atoms with Crippen molar-refractivity contribution in [3.63, 3.8) is 0 Å². The van der Waals surface area contributed by atoms with E-state index in [0.29, 0.717) is 32.1 Å². The number of methoxy groups -OCH3 is 1. The average Bonchev–Trinajstić information content (AvgIpc) is 2.67. The maximum atomic E-state index is 10.3. The fourth-order valence-electron chi connectivity index (χ4n) is 2.75. The van der Waals surface area contributed by atoms with Crippen LogP contribution in [0.3, 0.4) is 0 Å². The molecule has 1 saturated heterocycles. The Morgan fingerprint density at radius 1 is 1.07 bits per heavy atom. The maximum absolute atomic E-state index is 10.3. The molecule has 5 atom stereocenters. The predicted molar refractivity (Wildman–Crippen MR) is 103 cm³/mol. The zero-order valence-electron chi connectivity index (χ0n) is 17.2. The van der Waals surface area contributed by atoms with Crippen LogP contribution in [0.15, 0.2) is 11.9 Å². The zero-order valence-corrected chi connectivity index (χ0v) is 17.2. The minimum atomic E-state index is -0.906. The summed E-state index contributed by atoms with van der Waals surface area (Å²) >= 11 is 0. The molecule has 0 amide bonds. The van der Waals surface area contributed by atoms with Crippen LogP contribution in [0.4, 0.5) is 0 Å². The van der Waals surface area contributed by atoms with E-state index in [2.05, 4.69) is 6.92 Å². The zero-order chi connectivity index (χ0) is 20.9. The lowest BCUT2D eigenvalue weighted by Gasteiger charge is -2.41. The van der Waals surface area contributed by atoms with Gasteiger partial charge in [0.15, 0.2) is 6.29 Å². The van der Waals surface area contributed by atoms with Gasteiger partial charge in [0.25, 0.3) is 0 Å². The maximum Gasteiger partial charge on any atom is 0.183 e. The number of rotatable bonds is 14. The minimum Gasteiger partial charge on any atom is -0.399 e. The van der Waals surface area contributed by atoms with E-state index < -0.39 is 30.5 Å². The molecule has 1 aliphatic heterocycles. The van der Waals surface area contributed by atoms with Gasteiger partial charge in [-0.3, -0.25) is 0 Å². The van der Waals surface area contributed by atoms with Crippen molar-refractivity contribution in [3.8, 4) is 0 Å². The molecule has 1 fully saturated rings. The van der Waals surface area contributed by atoms with E-state index in [0.717, 1.165) is 13.0 Å². The molecule has 0 radical (unpaired) electrons. The number of nitrogens with zero attached hydrogens (tertiary/aromatic N) is 1. The molecule has 1 aliphatic rings. The third-order valence-corrected chi connectivity index (χ3v) is 4.36. The molecule has 0 aromatic rings. The number of nitrogens with two attached hydrogens (primary N) is 2. The normalized spacial score (nSPS) is 28.5. The topological polar surface area (TPSA) is 142 Å². The van der Waals surface area contributed by atoms with Crippen LogP contribution >= 0.6 is 0 Å². The first-order valence-corrected chi connectivity index (χ1v) is 9.65. The number of aliphatic hydroxyl groups excluding tert-OH is 2. The van der Waals surface area contributed by atoms with Crippen LogP contribution < -0.4 is 11.6 Å². The van der Waals surface area contributed by atoms with Crippen LogP contribution in [-0.4, -0.2) is 93.1 Å². The van der Waals surface area contributed by atoms with Crippen molar-refractivity contribution in [2.45, 2.75) is 44.9 Å². The van der Waals surface area contributed by atoms with Crippen LogP contribution in [0.1, 0.15) is 20.3 Å². The van der Waals surface area contributed by atoms with Crippen molar-refractivity contribution in [2.24, 2.45) is 17.5 Å². The Hall–Kier alpha value is -0.980. The number of aliphatic hydroxyl groups is 2. The molecule has 166 valence electrons. The van der Waals surface area contributed by atoms with Crippen molar-refractivity contribution in [1.29, 1.82) is 0 Å². The second kappa shape index (κ2) is 14.1.